The first-order chi connectivity index (χ1) is 5.66. The molecule has 0 aromatic rings. The molecular formula is C7H14N2O2S. The maximum Gasteiger partial charge on any atom is 0.221 e. The van der Waals surface area contributed by atoms with E-state index in [1.54, 1.807) is 0 Å². The van der Waals surface area contributed by atoms with Crippen LogP contribution in [-0.2, 0) is 9.59 Å². The van der Waals surface area contributed by atoms with Crippen LogP contribution in [0.4, 0.5) is 0 Å². The Balaban J connectivity index is 3.19. The Labute approximate surface area is 76.3 Å². The highest BCUT2D eigenvalue weighted by atomic mass is 32.2. The van der Waals surface area contributed by atoms with Crippen LogP contribution >= 0.6 is 11.8 Å². The van der Waals surface area contributed by atoms with Gasteiger partial charge in [-0.25, -0.2) is 0 Å². The molecule has 3 N–H and O–H groups in total. The fraction of sp³-hybridized carbons (Fsp3) is 0.714. The summed E-state index contributed by atoms with van der Waals surface area (Å²) in [4.78, 5) is 21.2. The molecule has 0 heterocycles. The van der Waals surface area contributed by atoms with Gasteiger partial charge in [-0.1, -0.05) is 11.8 Å². The zero-order valence-electron chi connectivity index (χ0n) is 7.13. The molecule has 0 aromatic carbocycles. The normalized spacial score (nSPS) is 9.50. The van der Waals surface area contributed by atoms with Crippen molar-refractivity contribution in [3.63, 3.8) is 0 Å². The van der Waals surface area contributed by atoms with Gasteiger partial charge in [0.25, 0.3) is 0 Å². The van der Waals surface area contributed by atoms with Gasteiger partial charge < -0.3 is 11.1 Å². The largest absolute Gasteiger partial charge is 0.355 e. The van der Waals surface area contributed by atoms with E-state index in [9.17, 15) is 9.59 Å². The molecule has 0 saturated carbocycles. The molecule has 0 fully saturated rings. The molecule has 0 unspecified atom stereocenters. The third kappa shape index (κ3) is 7.56. The van der Waals surface area contributed by atoms with Crippen LogP contribution in [0.15, 0.2) is 0 Å². The van der Waals surface area contributed by atoms with Crippen LogP contribution in [0.25, 0.3) is 0 Å². The molecule has 1 amide bonds. The maximum absolute atomic E-state index is 10.8. The fourth-order valence-corrected chi connectivity index (χ4v) is 1.10. The summed E-state index contributed by atoms with van der Waals surface area (Å²) in [6, 6.07) is 0. The highest BCUT2D eigenvalue weighted by molar-refractivity contribution is 8.13. The lowest BCUT2D eigenvalue weighted by Crippen LogP contribution is -2.27. The van der Waals surface area contributed by atoms with Crippen molar-refractivity contribution in [1.82, 2.24) is 5.32 Å². The van der Waals surface area contributed by atoms with E-state index in [4.69, 9.17) is 5.73 Å². The topological polar surface area (TPSA) is 72.2 Å². The van der Waals surface area contributed by atoms with E-state index in [0.717, 1.165) is 0 Å². The predicted octanol–water partition coefficient (Wildman–Crippen LogP) is -0.269. The van der Waals surface area contributed by atoms with E-state index in [1.165, 1.54) is 18.7 Å². The predicted molar refractivity (Wildman–Crippen MR) is 49.8 cm³/mol. The maximum atomic E-state index is 10.8. The quantitative estimate of drug-likeness (QED) is 0.585. The second-order valence-corrected chi connectivity index (χ2v) is 3.50. The monoisotopic (exact) mass is 190 g/mol. The van der Waals surface area contributed by atoms with Gasteiger partial charge in [0.15, 0.2) is 5.12 Å². The number of nitrogens with one attached hydrogen (secondary N) is 1. The molecule has 4 nitrogen and oxygen atoms in total. The molecular weight excluding hydrogens is 176 g/mol. The van der Waals surface area contributed by atoms with Crippen molar-refractivity contribution in [2.45, 2.75) is 13.3 Å². The van der Waals surface area contributed by atoms with E-state index in [-0.39, 0.29) is 11.0 Å². The number of rotatable bonds is 5. The van der Waals surface area contributed by atoms with Gasteiger partial charge in [-0.15, -0.1) is 0 Å². The third-order valence-electron chi connectivity index (χ3n) is 1.10. The Bertz CT molecular complexity index is 161. The van der Waals surface area contributed by atoms with Crippen LogP contribution in [0.2, 0.25) is 0 Å². The van der Waals surface area contributed by atoms with Gasteiger partial charge in [-0.2, -0.15) is 0 Å². The molecule has 12 heavy (non-hydrogen) atoms. The van der Waals surface area contributed by atoms with Crippen LogP contribution in [0.1, 0.15) is 13.3 Å². The van der Waals surface area contributed by atoms with E-state index in [1.807, 2.05) is 0 Å². The molecule has 0 bridgehead atoms. The first-order valence-electron chi connectivity index (χ1n) is 3.77. The van der Waals surface area contributed by atoms with E-state index in [2.05, 4.69) is 5.32 Å². The van der Waals surface area contributed by atoms with Gasteiger partial charge in [0, 0.05) is 32.2 Å². The highest BCUT2D eigenvalue weighted by Gasteiger charge is 1.98. The van der Waals surface area contributed by atoms with Crippen LogP contribution in [-0.4, -0.2) is 29.9 Å². The molecule has 0 aliphatic heterocycles. The smallest absolute Gasteiger partial charge is 0.221 e. The first-order valence-corrected chi connectivity index (χ1v) is 4.75. The van der Waals surface area contributed by atoms with Crippen molar-refractivity contribution in [2.24, 2.45) is 5.73 Å². The summed E-state index contributed by atoms with van der Waals surface area (Å²) in [5.41, 5.74) is 5.16. The molecule has 0 aliphatic carbocycles. The van der Waals surface area contributed by atoms with Crippen molar-refractivity contribution in [2.75, 3.05) is 18.8 Å². The summed E-state index contributed by atoms with van der Waals surface area (Å²) in [6.07, 6.45) is 0.352. The van der Waals surface area contributed by atoms with Crippen molar-refractivity contribution in [3.05, 3.63) is 0 Å². The zero-order valence-corrected chi connectivity index (χ0v) is 7.95. The van der Waals surface area contributed by atoms with Gasteiger partial charge in [0.05, 0.1) is 0 Å². The second kappa shape index (κ2) is 7.12. The van der Waals surface area contributed by atoms with Gasteiger partial charge in [0.2, 0.25) is 5.91 Å². The lowest BCUT2D eigenvalue weighted by atomic mass is 10.4. The fourth-order valence-electron chi connectivity index (χ4n) is 0.605. The number of carbonyl (C=O) groups is 2. The summed E-state index contributed by atoms with van der Waals surface area (Å²) in [5.74, 6) is 0.577. The number of hydrogen-bond donors (Lipinski definition) is 2. The summed E-state index contributed by atoms with van der Waals surface area (Å²) in [7, 11) is 0. The molecule has 0 rings (SSSR count). The number of nitrogens with two attached hydrogens (primary N) is 1. The number of amides is 1. The lowest BCUT2D eigenvalue weighted by Gasteiger charge is -2.01. The Morgan fingerprint density at radius 3 is 2.67 bits per heavy atom. The molecule has 0 saturated heterocycles. The lowest BCUT2D eigenvalue weighted by molar-refractivity contribution is -0.120. The molecule has 0 aromatic heterocycles. The molecule has 5 heteroatoms. The zero-order chi connectivity index (χ0) is 9.40. The van der Waals surface area contributed by atoms with Gasteiger partial charge in [0.1, 0.15) is 0 Å². The molecule has 70 valence electrons. The summed E-state index contributed by atoms with van der Waals surface area (Å²) >= 11 is 1.21. The van der Waals surface area contributed by atoms with Crippen LogP contribution in [0, 0.1) is 0 Å². The third-order valence-corrected chi connectivity index (χ3v) is 1.92. The molecule has 0 atom stereocenters. The Morgan fingerprint density at radius 2 is 2.17 bits per heavy atom. The Hall–Kier alpha value is -0.550. The van der Waals surface area contributed by atoms with Crippen LogP contribution in [0.5, 0.6) is 0 Å². The summed E-state index contributed by atoms with van der Waals surface area (Å²) in [5, 5.41) is 2.72. The Morgan fingerprint density at radius 1 is 1.50 bits per heavy atom. The minimum Gasteiger partial charge on any atom is -0.355 e. The van der Waals surface area contributed by atoms with Crippen molar-refractivity contribution in [1.29, 1.82) is 0 Å². The van der Waals surface area contributed by atoms with Crippen molar-refractivity contribution < 1.29 is 9.59 Å². The van der Waals surface area contributed by atoms with Gasteiger partial charge >= 0.3 is 0 Å². The average molecular weight is 190 g/mol. The number of hydrogen-bond acceptors (Lipinski definition) is 4. The van der Waals surface area contributed by atoms with Crippen molar-refractivity contribution in [3.8, 4) is 0 Å². The van der Waals surface area contributed by atoms with Crippen LogP contribution < -0.4 is 11.1 Å². The molecule has 0 radical (unpaired) electrons. The van der Waals surface area contributed by atoms with E-state index < -0.39 is 0 Å². The Kier molecular flexibility index (Phi) is 6.79. The minimum absolute atomic E-state index is 0.0540. The SMILES string of the molecule is CC(=O)SCCNC(=O)CCN. The summed E-state index contributed by atoms with van der Waals surface area (Å²) < 4.78 is 0. The number of thioether (sulfide) groups is 1. The summed E-state index contributed by atoms with van der Waals surface area (Å²) in [6.45, 7) is 2.40. The van der Waals surface area contributed by atoms with E-state index >= 15 is 0 Å². The standard InChI is InChI=1S/C7H14N2O2S/c1-6(10)12-5-4-9-7(11)2-3-8/h2-5,8H2,1H3,(H,9,11). The average Bonchev–Trinajstić information content (AvgIpc) is 1.98. The second-order valence-electron chi connectivity index (χ2n) is 2.23. The van der Waals surface area contributed by atoms with E-state index in [0.29, 0.717) is 25.3 Å². The molecule has 0 spiro atoms. The highest BCUT2D eigenvalue weighted by Crippen LogP contribution is 1.97. The van der Waals surface area contributed by atoms with Gasteiger partial charge in [-0.05, 0) is 0 Å². The van der Waals surface area contributed by atoms with Crippen molar-refractivity contribution >= 4 is 22.8 Å². The first kappa shape index (κ1) is 11.4. The minimum atomic E-state index is -0.0540. The van der Waals surface area contributed by atoms with Gasteiger partial charge in [-0.3, -0.25) is 9.59 Å². The number of carbonyl (C=O) groups excluding carboxylic acids is 2. The van der Waals surface area contributed by atoms with Crippen LogP contribution in [0.3, 0.4) is 0 Å². The molecule has 0 aliphatic rings.